The summed E-state index contributed by atoms with van der Waals surface area (Å²) in [6, 6.07) is 12.2. The molecular weight excluding hydrogens is 334 g/mol. The minimum atomic E-state index is -1.00. The number of carbonyl (C=O) groups is 2. The van der Waals surface area contributed by atoms with E-state index in [0.717, 1.165) is 16.9 Å². The van der Waals surface area contributed by atoms with E-state index in [1.165, 1.54) is 19.2 Å². The van der Waals surface area contributed by atoms with Crippen molar-refractivity contribution in [3.05, 3.63) is 59.2 Å². The fourth-order valence-corrected chi connectivity index (χ4v) is 2.54. The monoisotopic (exact) mass is 357 g/mol. The van der Waals surface area contributed by atoms with Crippen molar-refractivity contribution in [1.82, 2.24) is 5.32 Å². The summed E-state index contributed by atoms with van der Waals surface area (Å²) in [5.74, 6) is 0.216. The number of carbonyl (C=O) groups excluding carboxylic acids is 1. The molecule has 2 aromatic rings. The van der Waals surface area contributed by atoms with Gasteiger partial charge in [0.15, 0.2) is 0 Å². The lowest BCUT2D eigenvalue weighted by Crippen LogP contribution is -2.27. The Kier molecular flexibility index (Phi) is 7.02. The Morgan fingerprint density at radius 3 is 2.46 bits per heavy atom. The molecule has 0 radical (unpaired) electrons. The summed E-state index contributed by atoms with van der Waals surface area (Å²) >= 11 is 0. The number of carboxylic acid groups (broad SMARTS) is 1. The van der Waals surface area contributed by atoms with Crippen molar-refractivity contribution in [2.24, 2.45) is 0 Å². The highest BCUT2D eigenvalue weighted by molar-refractivity contribution is 5.88. The van der Waals surface area contributed by atoms with Crippen molar-refractivity contribution in [2.45, 2.75) is 19.8 Å². The van der Waals surface area contributed by atoms with E-state index in [1.807, 2.05) is 31.2 Å². The van der Waals surface area contributed by atoms with Gasteiger partial charge in [-0.05, 0) is 48.7 Å². The van der Waals surface area contributed by atoms with E-state index >= 15 is 0 Å². The number of hydrogen-bond donors (Lipinski definition) is 2. The van der Waals surface area contributed by atoms with Gasteiger partial charge in [0.05, 0.1) is 25.7 Å². The number of methoxy groups -OCH3 is 1. The number of nitrogens with one attached hydrogen (secondary N) is 1. The average molecular weight is 357 g/mol. The van der Waals surface area contributed by atoms with Gasteiger partial charge in [-0.15, -0.1) is 0 Å². The summed E-state index contributed by atoms with van der Waals surface area (Å²) in [6.45, 7) is 2.97. The van der Waals surface area contributed by atoms with Crippen LogP contribution in [0.2, 0.25) is 0 Å². The molecule has 138 valence electrons. The van der Waals surface area contributed by atoms with Gasteiger partial charge >= 0.3 is 5.97 Å². The molecule has 0 saturated heterocycles. The summed E-state index contributed by atoms with van der Waals surface area (Å²) in [7, 11) is 1.50. The van der Waals surface area contributed by atoms with Crippen molar-refractivity contribution in [3.63, 3.8) is 0 Å². The molecule has 0 saturated carbocycles. The minimum Gasteiger partial charge on any atom is -0.496 e. The smallest absolute Gasteiger partial charge is 0.335 e. The number of aromatic carboxylic acids is 1. The largest absolute Gasteiger partial charge is 0.496 e. The van der Waals surface area contributed by atoms with Crippen LogP contribution in [-0.4, -0.2) is 37.2 Å². The molecule has 0 aliphatic rings. The summed E-state index contributed by atoms with van der Waals surface area (Å²) in [4.78, 5) is 23.1. The number of ether oxygens (including phenoxy) is 2. The Bertz CT molecular complexity index is 755. The number of benzene rings is 2. The van der Waals surface area contributed by atoms with Gasteiger partial charge in [0.1, 0.15) is 11.5 Å². The molecule has 6 nitrogen and oxygen atoms in total. The Balaban J connectivity index is 1.85. The number of carboxylic acids is 1. The van der Waals surface area contributed by atoms with Gasteiger partial charge in [0, 0.05) is 6.54 Å². The Morgan fingerprint density at radius 2 is 1.85 bits per heavy atom. The predicted octanol–water partition coefficient (Wildman–Crippen LogP) is 2.69. The molecule has 26 heavy (non-hydrogen) atoms. The van der Waals surface area contributed by atoms with Gasteiger partial charge in [0.25, 0.3) is 0 Å². The first kappa shape index (κ1) is 19.3. The van der Waals surface area contributed by atoms with Crippen molar-refractivity contribution in [1.29, 1.82) is 0 Å². The summed E-state index contributed by atoms with van der Waals surface area (Å²) in [5, 5.41) is 11.9. The maximum absolute atomic E-state index is 12.1. The maximum Gasteiger partial charge on any atom is 0.335 e. The van der Waals surface area contributed by atoms with Crippen molar-refractivity contribution < 1.29 is 24.2 Å². The highest BCUT2D eigenvalue weighted by Gasteiger charge is 2.10. The third kappa shape index (κ3) is 5.51. The van der Waals surface area contributed by atoms with Crippen LogP contribution in [0.4, 0.5) is 0 Å². The third-order valence-electron chi connectivity index (χ3n) is 3.85. The summed E-state index contributed by atoms with van der Waals surface area (Å²) in [6.07, 6.45) is 0.847. The molecule has 0 fully saturated rings. The van der Waals surface area contributed by atoms with Crippen molar-refractivity contribution >= 4 is 11.9 Å². The van der Waals surface area contributed by atoms with E-state index < -0.39 is 5.97 Å². The van der Waals surface area contributed by atoms with Crippen LogP contribution >= 0.6 is 0 Å². The molecule has 6 heteroatoms. The molecular formula is C20H23NO5. The van der Waals surface area contributed by atoms with Crippen LogP contribution in [0.15, 0.2) is 42.5 Å². The van der Waals surface area contributed by atoms with Crippen LogP contribution < -0.4 is 14.8 Å². The molecule has 0 aliphatic heterocycles. The first-order valence-electron chi connectivity index (χ1n) is 8.42. The number of hydrogen-bond acceptors (Lipinski definition) is 4. The Hall–Kier alpha value is -3.02. The second-order valence-electron chi connectivity index (χ2n) is 5.69. The van der Waals surface area contributed by atoms with Gasteiger partial charge in [-0.3, -0.25) is 4.79 Å². The first-order valence-corrected chi connectivity index (χ1v) is 8.42. The molecule has 2 rings (SSSR count). The van der Waals surface area contributed by atoms with Gasteiger partial charge in [0.2, 0.25) is 5.91 Å². The van der Waals surface area contributed by atoms with E-state index in [0.29, 0.717) is 31.7 Å². The second kappa shape index (κ2) is 9.46. The van der Waals surface area contributed by atoms with Crippen LogP contribution in [0, 0.1) is 0 Å². The van der Waals surface area contributed by atoms with E-state index in [2.05, 4.69) is 5.32 Å². The molecule has 0 spiro atoms. The lowest BCUT2D eigenvalue weighted by molar-refractivity contribution is -0.120. The van der Waals surface area contributed by atoms with Crippen LogP contribution in [0.3, 0.4) is 0 Å². The van der Waals surface area contributed by atoms with Crippen LogP contribution in [0.25, 0.3) is 0 Å². The maximum atomic E-state index is 12.1. The predicted molar refractivity (Wildman–Crippen MR) is 98.0 cm³/mol. The normalized spacial score (nSPS) is 10.2. The fourth-order valence-electron chi connectivity index (χ4n) is 2.54. The molecule has 0 atom stereocenters. The van der Waals surface area contributed by atoms with E-state index in [9.17, 15) is 9.59 Å². The minimum absolute atomic E-state index is 0.0738. The number of rotatable bonds is 9. The molecule has 0 heterocycles. The highest BCUT2D eigenvalue weighted by Crippen LogP contribution is 2.20. The third-order valence-corrected chi connectivity index (χ3v) is 3.85. The van der Waals surface area contributed by atoms with Crippen molar-refractivity contribution in [3.8, 4) is 11.5 Å². The second-order valence-corrected chi connectivity index (χ2v) is 5.69. The van der Waals surface area contributed by atoms with Crippen LogP contribution in [0.5, 0.6) is 11.5 Å². The van der Waals surface area contributed by atoms with E-state index in [-0.39, 0.29) is 11.5 Å². The SMILES string of the molecule is CCOc1ccc(CC(=O)NCCc2ccc(C(=O)O)cc2OC)cc1. The lowest BCUT2D eigenvalue weighted by atomic mass is 10.1. The van der Waals surface area contributed by atoms with Gasteiger partial charge < -0.3 is 19.9 Å². The van der Waals surface area contributed by atoms with Gasteiger partial charge in [-0.1, -0.05) is 18.2 Å². The van der Waals surface area contributed by atoms with Crippen LogP contribution in [0.1, 0.15) is 28.4 Å². The molecule has 1 amide bonds. The van der Waals surface area contributed by atoms with Gasteiger partial charge in [-0.25, -0.2) is 4.79 Å². The standard InChI is InChI=1S/C20H23NO5/c1-3-26-17-8-4-14(5-9-17)12-19(22)21-11-10-15-6-7-16(20(23)24)13-18(15)25-2/h4-9,13H,3,10-12H2,1-2H3,(H,21,22)(H,23,24). The average Bonchev–Trinajstić information content (AvgIpc) is 2.63. The first-order chi connectivity index (χ1) is 12.5. The van der Waals surface area contributed by atoms with E-state index in [4.69, 9.17) is 14.6 Å². The number of amides is 1. The molecule has 2 N–H and O–H groups in total. The Morgan fingerprint density at radius 1 is 1.12 bits per heavy atom. The fraction of sp³-hybridized carbons (Fsp3) is 0.300. The Labute approximate surface area is 152 Å². The zero-order chi connectivity index (χ0) is 18.9. The van der Waals surface area contributed by atoms with Crippen LogP contribution in [-0.2, 0) is 17.6 Å². The topological polar surface area (TPSA) is 84.9 Å². The zero-order valence-corrected chi connectivity index (χ0v) is 15.0. The van der Waals surface area contributed by atoms with Crippen molar-refractivity contribution in [2.75, 3.05) is 20.3 Å². The summed E-state index contributed by atoms with van der Waals surface area (Å²) < 4.78 is 10.6. The molecule has 2 aromatic carbocycles. The molecule has 0 aliphatic carbocycles. The quantitative estimate of drug-likeness (QED) is 0.721. The summed E-state index contributed by atoms with van der Waals surface area (Å²) in [5.41, 5.74) is 1.93. The zero-order valence-electron chi connectivity index (χ0n) is 15.0. The molecule has 0 bridgehead atoms. The highest BCUT2D eigenvalue weighted by atomic mass is 16.5. The molecule has 0 aromatic heterocycles. The van der Waals surface area contributed by atoms with Gasteiger partial charge in [-0.2, -0.15) is 0 Å². The lowest BCUT2D eigenvalue weighted by Gasteiger charge is -2.10. The molecule has 0 unspecified atom stereocenters. The van der Waals surface area contributed by atoms with E-state index in [1.54, 1.807) is 6.07 Å².